The summed E-state index contributed by atoms with van der Waals surface area (Å²) in [4.78, 5) is 13.2. The summed E-state index contributed by atoms with van der Waals surface area (Å²) in [5.41, 5.74) is 1.23. The van der Waals surface area contributed by atoms with E-state index in [4.69, 9.17) is 9.16 Å². The molecular formula is C24H34BrNO5SSi. The molecule has 2 aromatic carbocycles. The molecule has 0 heterocycles. The summed E-state index contributed by atoms with van der Waals surface area (Å²) in [6.45, 7) is 11.0. The number of hydrogen-bond donors (Lipinski definition) is 0. The maximum atomic E-state index is 13.2. The maximum absolute atomic E-state index is 13.2. The molecule has 0 bridgehead atoms. The van der Waals surface area contributed by atoms with Gasteiger partial charge in [-0.05, 0) is 48.0 Å². The van der Waals surface area contributed by atoms with Gasteiger partial charge in [0.05, 0.1) is 11.9 Å². The normalized spacial score (nSPS) is 13.4. The SMILES string of the molecule is CC(C)(C)[Si](C)(C)OCC[C@@H](C(=O)OCc1ccccc1)N(c1ccc(Br)cc1)S(C)(=O)=O. The van der Waals surface area contributed by atoms with Gasteiger partial charge in [0.1, 0.15) is 12.6 Å². The molecule has 0 aliphatic carbocycles. The molecule has 0 aliphatic heterocycles. The third kappa shape index (κ3) is 7.94. The van der Waals surface area contributed by atoms with Gasteiger partial charge in [0.15, 0.2) is 8.32 Å². The van der Waals surface area contributed by atoms with Crippen molar-refractivity contribution in [3.63, 3.8) is 0 Å². The highest BCUT2D eigenvalue weighted by Gasteiger charge is 2.39. The van der Waals surface area contributed by atoms with Crippen LogP contribution >= 0.6 is 15.9 Å². The summed E-state index contributed by atoms with van der Waals surface area (Å²) in [6.07, 6.45) is 1.28. The topological polar surface area (TPSA) is 72.9 Å². The van der Waals surface area contributed by atoms with Gasteiger partial charge in [-0.15, -0.1) is 0 Å². The van der Waals surface area contributed by atoms with Crippen molar-refractivity contribution in [1.82, 2.24) is 0 Å². The van der Waals surface area contributed by atoms with Gasteiger partial charge in [-0.25, -0.2) is 13.2 Å². The number of anilines is 1. The zero-order valence-electron chi connectivity index (χ0n) is 20.2. The minimum atomic E-state index is -3.78. The minimum Gasteiger partial charge on any atom is -0.459 e. The molecule has 0 aromatic heterocycles. The van der Waals surface area contributed by atoms with Crippen molar-refractivity contribution in [3.05, 3.63) is 64.6 Å². The van der Waals surface area contributed by atoms with E-state index >= 15 is 0 Å². The Morgan fingerprint density at radius 2 is 1.64 bits per heavy atom. The van der Waals surface area contributed by atoms with Gasteiger partial charge < -0.3 is 9.16 Å². The van der Waals surface area contributed by atoms with Crippen molar-refractivity contribution >= 4 is 45.9 Å². The summed E-state index contributed by atoms with van der Waals surface area (Å²) in [5, 5.41) is -0.00145. The Balaban J connectivity index is 2.32. The third-order valence-electron chi connectivity index (χ3n) is 5.88. The Kier molecular flexibility index (Phi) is 9.32. The number of sulfonamides is 1. The molecule has 182 valence electrons. The Labute approximate surface area is 207 Å². The minimum absolute atomic E-state index is 0.00145. The number of nitrogens with zero attached hydrogens (tertiary/aromatic N) is 1. The average Bonchev–Trinajstić information content (AvgIpc) is 2.71. The highest BCUT2D eigenvalue weighted by atomic mass is 79.9. The standard InChI is InChI=1S/C24H34BrNO5SSi/c1-24(2,3)33(5,6)31-17-16-22(23(27)30-18-19-10-8-7-9-11-19)26(32(4,28)29)21-14-12-20(25)13-15-21/h7-15,22H,16-18H2,1-6H3/t22-/m0/s1. The molecule has 0 saturated heterocycles. The molecule has 0 fully saturated rings. The molecule has 2 rings (SSSR count). The molecule has 9 heteroatoms. The third-order valence-corrected chi connectivity index (χ3v) is 12.1. The number of halogens is 1. The predicted octanol–water partition coefficient (Wildman–Crippen LogP) is 5.74. The van der Waals surface area contributed by atoms with E-state index < -0.39 is 30.4 Å². The molecular weight excluding hydrogens is 522 g/mol. The first-order valence-corrected chi connectivity index (χ1v) is 16.4. The number of benzene rings is 2. The number of esters is 1. The van der Waals surface area contributed by atoms with Crippen molar-refractivity contribution < 1.29 is 22.4 Å². The highest BCUT2D eigenvalue weighted by molar-refractivity contribution is 9.10. The van der Waals surface area contributed by atoms with E-state index in [0.717, 1.165) is 20.6 Å². The van der Waals surface area contributed by atoms with Crippen molar-refractivity contribution in [2.45, 2.75) is 58.0 Å². The van der Waals surface area contributed by atoms with E-state index in [0.29, 0.717) is 5.69 Å². The van der Waals surface area contributed by atoms with Gasteiger partial charge in [0, 0.05) is 17.5 Å². The lowest BCUT2D eigenvalue weighted by atomic mass is 10.2. The zero-order chi connectivity index (χ0) is 24.9. The van der Waals surface area contributed by atoms with E-state index in [-0.39, 0.29) is 24.7 Å². The average molecular weight is 557 g/mol. The lowest BCUT2D eigenvalue weighted by molar-refractivity contribution is -0.146. The van der Waals surface area contributed by atoms with Crippen molar-refractivity contribution in [3.8, 4) is 0 Å². The molecule has 0 N–H and O–H groups in total. The molecule has 0 radical (unpaired) electrons. The smallest absolute Gasteiger partial charge is 0.330 e. The molecule has 6 nitrogen and oxygen atoms in total. The number of rotatable bonds is 10. The molecule has 33 heavy (non-hydrogen) atoms. The quantitative estimate of drug-likeness (QED) is 0.276. The van der Waals surface area contributed by atoms with Crippen LogP contribution in [0.15, 0.2) is 59.1 Å². The summed E-state index contributed by atoms with van der Waals surface area (Å²) >= 11 is 3.37. The van der Waals surface area contributed by atoms with E-state index in [2.05, 4.69) is 49.8 Å². The van der Waals surface area contributed by atoms with Gasteiger partial charge in [-0.1, -0.05) is 67.0 Å². The van der Waals surface area contributed by atoms with Gasteiger partial charge in [-0.3, -0.25) is 4.31 Å². The molecule has 0 saturated carbocycles. The Morgan fingerprint density at radius 3 is 2.15 bits per heavy atom. The molecule has 0 aliphatic rings. The van der Waals surface area contributed by atoms with E-state index in [1.54, 1.807) is 24.3 Å². The summed E-state index contributed by atoms with van der Waals surface area (Å²) < 4.78 is 39.4. The molecule has 1 atom stereocenters. The number of carbonyl (C=O) groups excluding carboxylic acids is 1. The lowest BCUT2D eigenvalue weighted by Crippen LogP contribution is -2.47. The Morgan fingerprint density at radius 1 is 1.06 bits per heavy atom. The van der Waals surface area contributed by atoms with Crippen LogP contribution in [0, 0.1) is 0 Å². The van der Waals surface area contributed by atoms with Crippen LogP contribution in [0.5, 0.6) is 0 Å². The van der Waals surface area contributed by atoms with Crippen LogP contribution in [0.2, 0.25) is 18.1 Å². The van der Waals surface area contributed by atoms with Crippen molar-refractivity contribution in [1.29, 1.82) is 0 Å². The van der Waals surface area contributed by atoms with Gasteiger partial charge >= 0.3 is 5.97 Å². The fraction of sp³-hybridized carbons (Fsp3) is 0.458. The number of hydrogen-bond acceptors (Lipinski definition) is 5. The fourth-order valence-electron chi connectivity index (χ4n) is 2.99. The van der Waals surface area contributed by atoms with E-state index in [1.165, 1.54) is 0 Å². The highest BCUT2D eigenvalue weighted by Crippen LogP contribution is 2.37. The fourth-order valence-corrected chi connectivity index (χ4v) is 5.47. The second kappa shape index (κ2) is 11.2. The summed E-state index contributed by atoms with van der Waals surface area (Å²) in [5.74, 6) is -0.606. The number of ether oxygens (including phenoxy) is 1. The lowest BCUT2D eigenvalue weighted by Gasteiger charge is -2.37. The van der Waals surface area contributed by atoms with Crippen molar-refractivity contribution in [2.75, 3.05) is 17.2 Å². The molecule has 0 spiro atoms. The van der Waals surface area contributed by atoms with Crippen LogP contribution in [0.4, 0.5) is 5.69 Å². The van der Waals surface area contributed by atoms with Crippen LogP contribution in [0.1, 0.15) is 32.8 Å². The van der Waals surface area contributed by atoms with Crippen LogP contribution in [0.25, 0.3) is 0 Å². The van der Waals surface area contributed by atoms with E-state index in [1.807, 2.05) is 30.3 Å². The molecule has 0 amide bonds. The largest absolute Gasteiger partial charge is 0.459 e. The van der Waals surface area contributed by atoms with Crippen LogP contribution in [0.3, 0.4) is 0 Å². The Hall–Kier alpha value is -1.68. The predicted molar refractivity (Wildman–Crippen MR) is 139 cm³/mol. The van der Waals surface area contributed by atoms with Gasteiger partial charge in [0.2, 0.25) is 10.0 Å². The summed E-state index contributed by atoms with van der Waals surface area (Å²) in [6, 6.07) is 15.1. The maximum Gasteiger partial charge on any atom is 0.330 e. The van der Waals surface area contributed by atoms with Gasteiger partial charge in [-0.2, -0.15) is 0 Å². The zero-order valence-corrected chi connectivity index (χ0v) is 23.6. The second-order valence-electron chi connectivity index (χ2n) is 9.54. The van der Waals surface area contributed by atoms with Crippen LogP contribution in [-0.4, -0.2) is 41.6 Å². The second-order valence-corrected chi connectivity index (χ2v) is 17.1. The van der Waals surface area contributed by atoms with Crippen molar-refractivity contribution in [2.24, 2.45) is 0 Å². The Bertz CT molecular complexity index is 1020. The van der Waals surface area contributed by atoms with E-state index in [9.17, 15) is 13.2 Å². The van der Waals surface area contributed by atoms with Crippen LogP contribution in [-0.2, 0) is 30.6 Å². The first-order chi connectivity index (χ1) is 15.2. The molecule has 2 aromatic rings. The first-order valence-electron chi connectivity index (χ1n) is 10.8. The van der Waals surface area contributed by atoms with Gasteiger partial charge in [0.25, 0.3) is 0 Å². The monoisotopic (exact) mass is 555 g/mol. The summed E-state index contributed by atoms with van der Waals surface area (Å²) in [7, 11) is -5.85. The molecule has 0 unspecified atom stereocenters. The number of carbonyl (C=O) groups is 1. The first kappa shape index (κ1) is 27.6. The van der Waals surface area contributed by atoms with Crippen LogP contribution < -0.4 is 4.31 Å².